The normalized spacial score (nSPS) is 11.7. The lowest BCUT2D eigenvalue weighted by Gasteiger charge is -2.15. The number of oxime groups is 1. The number of rotatable bonds is 9. The Morgan fingerprint density at radius 2 is 2.03 bits per heavy atom. The Labute approximate surface area is 192 Å². The van der Waals surface area contributed by atoms with Crippen LogP contribution in [0.3, 0.4) is 0 Å². The van der Waals surface area contributed by atoms with Gasteiger partial charge in [0.25, 0.3) is 0 Å². The smallest absolute Gasteiger partial charge is 0.222 e. The third kappa shape index (κ3) is 6.61. The monoisotopic (exact) mass is 456 g/mol. The number of aryl methyl sites for hydroxylation is 1. The second-order valence-corrected chi connectivity index (χ2v) is 7.93. The van der Waals surface area contributed by atoms with Crippen molar-refractivity contribution in [1.82, 2.24) is 0 Å². The summed E-state index contributed by atoms with van der Waals surface area (Å²) in [6.07, 6.45) is 5.96. The first-order valence-corrected chi connectivity index (χ1v) is 11.3. The number of carbonyl (C=O) groups excluding carboxylic acids is 1. The molecule has 0 amide bonds. The number of halogens is 1. The third-order valence-electron chi connectivity index (χ3n) is 4.62. The SMILES string of the molecule is CO/N=C(\Cl)CCC/C=C(/c1cccc(C#N)c1)c1cc(C)c(OC)c(C(=O)SC)c1. The van der Waals surface area contributed by atoms with E-state index in [2.05, 4.69) is 17.3 Å². The lowest BCUT2D eigenvalue weighted by Crippen LogP contribution is -2.02. The summed E-state index contributed by atoms with van der Waals surface area (Å²) in [5.41, 5.74) is 4.71. The first-order chi connectivity index (χ1) is 14.9. The summed E-state index contributed by atoms with van der Waals surface area (Å²) >= 11 is 7.16. The highest BCUT2D eigenvalue weighted by molar-refractivity contribution is 8.13. The van der Waals surface area contributed by atoms with Crippen molar-refractivity contribution < 1.29 is 14.4 Å². The van der Waals surface area contributed by atoms with Gasteiger partial charge in [0, 0.05) is 6.42 Å². The number of benzene rings is 2. The summed E-state index contributed by atoms with van der Waals surface area (Å²) in [5.74, 6) is 0.579. The molecule has 0 saturated heterocycles. The predicted octanol–water partition coefficient (Wildman–Crippen LogP) is 6.18. The third-order valence-corrected chi connectivity index (χ3v) is 5.47. The number of carbonyl (C=O) groups is 1. The molecule has 0 bridgehead atoms. The highest BCUT2D eigenvalue weighted by Crippen LogP contribution is 2.33. The molecule has 0 radical (unpaired) electrons. The van der Waals surface area contributed by atoms with E-state index in [1.54, 1.807) is 19.4 Å². The van der Waals surface area contributed by atoms with Gasteiger partial charge in [-0.2, -0.15) is 5.26 Å². The molecule has 2 aromatic rings. The zero-order valence-corrected chi connectivity index (χ0v) is 19.6. The average Bonchev–Trinajstić information content (AvgIpc) is 2.78. The van der Waals surface area contributed by atoms with Gasteiger partial charge in [-0.15, -0.1) is 0 Å². The first kappa shape index (κ1) is 24.5. The number of ether oxygens (including phenoxy) is 1. The van der Waals surface area contributed by atoms with E-state index in [1.807, 2.05) is 37.3 Å². The number of hydrogen-bond donors (Lipinski definition) is 0. The van der Waals surface area contributed by atoms with E-state index in [-0.39, 0.29) is 5.12 Å². The van der Waals surface area contributed by atoms with Crippen LogP contribution in [0.2, 0.25) is 0 Å². The summed E-state index contributed by atoms with van der Waals surface area (Å²) in [6.45, 7) is 1.92. The van der Waals surface area contributed by atoms with E-state index in [4.69, 9.17) is 21.2 Å². The number of nitriles is 1. The largest absolute Gasteiger partial charge is 0.496 e. The van der Waals surface area contributed by atoms with Gasteiger partial charge in [0.1, 0.15) is 18.0 Å². The molecule has 0 N–H and O–H groups in total. The highest BCUT2D eigenvalue weighted by atomic mass is 35.5. The van der Waals surface area contributed by atoms with Gasteiger partial charge in [-0.1, -0.05) is 46.7 Å². The van der Waals surface area contributed by atoms with Crippen LogP contribution in [-0.2, 0) is 4.84 Å². The molecule has 0 unspecified atom stereocenters. The minimum Gasteiger partial charge on any atom is -0.496 e. The van der Waals surface area contributed by atoms with E-state index >= 15 is 0 Å². The van der Waals surface area contributed by atoms with E-state index in [1.165, 1.54) is 7.11 Å². The van der Waals surface area contributed by atoms with Crippen molar-refractivity contribution >= 4 is 39.2 Å². The van der Waals surface area contributed by atoms with E-state index in [0.717, 1.165) is 46.9 Å². The molecule has 0 aliphatic heterocycles. The zero-order chi connectivity index (χ0) is 22.8. The topological polar surface area (TPSA) is 71.7 Å². The fourth-order valence-electron chi connectivity index (χ4n) is 3.26. The molecule has 0 aliphatic carbocycles. The van der Waals surface area contributed by atoms with Gasteiger partial charge >= 0.3 is 0 Å². The minimum absolute atomic E-state index is 0.0607. The average molecular weight is 457 g/mol. The molecule has 0 saturated carbocycles. The molecule has 0 spiro atoms. The number of thioether (sulfide) groups is 1. The summed E-state index contributed by atoms with van der Waals surface area (Å²) in [5, 5.41) is 13.4. The van der Waals surface area contributed by atoms with Crippen LogP contribution in [0.25, 0.3) is 5.57 Å². The number of methoxy groups -OCH3 is 1. The van der Waals surface area contributed by atoms with Crippen molar-refractivity contribution in [3.05, 3.63) is 70.3 Å². The van der Waals surface area contributed by atoms with E-state index in [0.29, 0.717) is 28.5 Å². The number of allylic oxidation sites excluding steroid dienone is 1. The van der Waals surface area contributed by atoms with Crippen molar-refractivity contribution in [1.29, 1.82) is 5.26 Å². The fraction of sp³-hybridized carbons (Fsp3) is 0.292. The van der Waals surface area contributed by atoms with Crippen LogP contribution in [0.1, 0.15) is 51.9 Å². The number of hydrogen-bond acceptors (Lipinski definition) is 6. The van der Waals surface area contributed by atoms with Crippen molar-refractivity contribution in [3.8, 4) is 11.8 Å². The Hall–Kier alpha value is -2.75. The van der Waals surface area contributed by atoms with Gasteiger partial charge in [-0.25, -0.2) is 0 Å². The van der Waals surface area contributed by atoms with Crippen molar-refractivity contribution in [2.24, 2.45) is 5.16 Å². The summed E-state index contributed by atoms with van der Waals surface area (Å²) in [4.78, 5) is 17.2. The fourth-order valence-corrected chi connectivity index (χ4v) is 3.83. The van der Waals surface area contributed by atoms with Crippen LogP contribution in [0.4, 0.5) is 0 Å². The number of unbranched alkanes of at least 4 members (excludes halogenated alkanes) is 1. The summed E-state index contributed by atoms with van der Waals surface area (Å²) < 4.78 is 5.49. The van der Waals surface area contributed by atoms with E-state index in [9.17, 15) is 10.1 Å². The molecule has 0 aromatic heterocycles. The molecule has 0 heterocycles. The molecule has 0 fully saturated rings. The minimum atomic E-state index is -0.0607. The van der Waals surface area contributed by atoms with Crippen molar-refractivity contribution in [2.45, 2.75) is 26.2 Å². The lowest BCUT2D eigenvalue weighted by molar-refractivity contribution is 0.108. The van der Waals surface area contributed by atoms with Crippen LogP contribution < -0.4 is 4.74 Å². The molecular weight excluding hydrogens is 432 g/mol. The highest BCUT2D eigenvalue weighted by Gasteiger charge is 2.17. The van der Waals surface area contributed by atoms with Crippen LogP contribution >= 0.6 is 23.4 Å². The van der Waals surface area contributed by atoms with Gasteiger partial charge < -0.3 is 9.57 Å². The van der Waals surface area contributed by atoms with Gasteiger partial charge in [0.2, 0.25) is 5.12 Å². The molecule has 31 heavy (non-hydrogen) atoms. The van der Waals surface area contributed by atoms with Crippen LogP contribution in [0.5, 0.6) is 5.75 Å². The Kier molecular flexibility index (Phi) is 9.64. The van der Waals surface area contributed by atoms with Gasteiger partial charge in [0.15, 0.2) is 0 Å². The van der Waals surface area contributed by atoms with Gasteiger partial charge in [0.05, 0.1) is 24.3 Å². The first-order valence-electron chi connectivity index (χ1n) is 9.68. The van der Waals surface area contributed by atoms with Crippen molar-refractivity contribution in [2.75, 3.05) is 20.5 Å². The molecule has 2 rings (SSSR count). The molecule has 0 atom stereocenters. The Bertz CT molecular complexity index is 1040. The standard InChI is InChI=1S/C24H25ClN2O3S/c1-16-12-19(14-21(23(16)29-2)24(28)31-4)20(10-5-6-11-22(25)27-30-3)18-9-7-8-17(13-18)15-26/h7-10,12-14H,5-6,11H2,1-4H3/b20-10-,27-22-. The Morgan fingerprint density at radius 3 is 2.68 bits per heavy atom. The molecule has 162 valence electrons. The van der Waals surface area contributed by atoms with Gasteiger partial charge in [-0.05, 0) is 72.6 Å². The maximum atomic E-state index is 12.5. The van der Waals surface area contributed by atoms with Crippen LogP contribution in [0.15, 0.2) is 47.6 Å². The predicted molar refractivity (Wildman–Crippen MR) is 128 cm³/mol. The van der Waals surface area contributed by atoms with Gasteiger partial charge in [-0.3, -0.25) is 4.79 Å². The van der Waals surface area contributed by atoms with E-state index < -0.39 is 0 Å². The quantitative estimate of drug-likeness (QED) is 0.256. The Morgan fingerprint density at radius 1 is 1.26 bits per heavy atom. The second-order valence-electron chi connectivity index (χ2n) is 6.72. The second kappa shape index (κ2) is 12.2. The lowest BCUT2D eigenvalue weighted by atomic mass is 9.92. The molecular formula is C24H25ClN2O3S. The molecule has 0 aliphatic rings. The summed E-state index contributed by atoms with van der Waals surface area (Å²) in [7, 11) is 3.03. The Balaban J connectivity index is 2.53. The molecule has 5 nitrogen and oxygen atoms in total. The number of nitrogens with zero attached hydrogens (tertiary/aromatic N) is 2. The maximum Gasteiger partial charge on any atom is 0.222 e. The van der Waals surface area contributed by atoms with Crippen LogP contribution in [-0.4, -0.2) is 30.8 Å². The van der Waals surface area contributed by atoms with Crippen LogP contribution in [0, 0.1) is 18.3 Å². The van der Waals surface area contributed by atoms with Crippen molar-refractivity contribution in [3.63, 3.8) is 0 Å². The maximum absolute atomic E-state index is 12.5. The zero-order valence-electron chi connectivity index (χ0n) is 18.1. The molecule has 7 heteroatoms. The molecule has 2 aromatic carbocycles. The summed E-state index contributed by atoms with van der Waals surface area (Å²) in [6, 6.07) is 13.5.